The Labute approximate surface area is 175 Å². The predicted octanol–water partition coefficient (Wildman–Crippen LogP) is 4.73. The third-order valence-electron chi connectivity index (χ3n) is 5.19. The fraction of sp³-hybridized carbons (Fsp3) is 0.300. The van der Waals surface area contributed by atoms with E-state index in [-0.39, 0.29) is 11.4 Å². The molecule has 2 aromatic rings. The largest absolute Gasteiger partial charge is 0.347 e. The Morgan fingerprint density at radius 1 is 1.19 bits per heavy atom. The van der Waals surface area contributed by atoms with Crippen LogP contribution >= 0.6 is 38.5 Å². The van der Waals surface area contributed by atoms with Crippen molar-refractivity contribution < 1.29 is 4.79 Å². The summed E-state index contributed by atoms with van der Waals surface area (Å²) in [6.45, 7) is 6.21. The van der Waals surface area contributed by atoms with Gasteiger partial charge in [-0.1, -0.05) is 30.3 Å². The maximum absolute atomic E-state index is 13.2. The van der Waals surface area contributed by atoms with Crippen LogP contribution in [0, 0.1) is 3.57 Å². The van der Waals surface area contributed by atoms with Crippen molar-refractivity contribution in [2.45, 2.75) is 38.1 Å². The average molecular weight is 524 g/mol. The Kier molecular flexibility index (Phi) is 4.19. The van der Waals surface area contributed by atoms with E-state index in [1.807, 2.05) is 38.2 Å². The number of halogens is 2. The highest BCUT2D eigenvalue weighted by molar-refractivity contribution is 14.1. The van der Waals surface area contributed by atoms with Crippen molar-refractivity contribution in [3.05, 3.63) is 67.0 Å². The van der Waals surface area contributed by atoms with Crippen molar-refractivity contribution in [3.63, 3.8) is 0 Å². The average Bonchev–Trinajstić information content (AvgIpc) is 2.57. The van der Waals surface area contributed by atoms with Crippen LogP contribution in [0.15, 0.2) is 52.3 Å². The van der Waals surface area contributed by atoms with Gasteiger partial charge in [0, 0.05) is 37.5 Å². The third kappa shape index (κ3) is 2.60. The molecule has 1 amide bonds. The Morgan fingerprint density at radius 2 is 1.88 bits per heavy atom. The van der Waals surface area contributed by atoms with Gasteiger partial charge in [0.1, 0.15) is 5.82 Å². The topological polar surface area (TPSA) is 54.0 Å². The summed E-state index contributed by atoms with van der Waals surface area (Å²) in [5, 5.41) is 6.62. The van der Waals surface area contributed by atoms with Crippen molar-refractivity contribution in [2.24, 2.45) is 0 Å². The van der Waals surface area contributed by atoms with Crippen molar-refractivity contribution >= 4 is 50.2 Å². The van der Waals surface area contributed by atoms with Gasteiger partial charge in [0.15, 0.2) is 0 Å². The van der Waals surface area contributed by atoms with Crippen LogP contribution in [0.3, 0.4) is 0 Å². The highest BCUT2D eigenvalue weighted by Crippen LogP contribution is 2.51. The van der Waals surface area contributed by atoms with Gasteiger partial charge in [-0.3, -0.25) is 4.79 Å². The molecule has 1 atom stereocenters. The van der Waals surface area contributed by atoms with E-state index in [1.54, 1.807) is 0 Å². The molecule has 26 heavy (non-hydrogen) atoms. The van der Waals surface area contributed by atoms with Crippen LogP contribution < -0.4 is 10.6 Å². The molecule has 0 spiro atoms. The Morgan fingerprint density at radius 3 is 2.58 bits per heavy atom. The van der Waals surface area contributed by atoms with Crippen LogP contribution in [0.4, 0.5) is 5.82 Å². The lowest BCUT2D eigenvalue weighted by Gasteiger charge is -2.45. The molecule has 1 aromatic heterocycles. The summed E-state index contributed by atoms with van der Waals surface area (Å²) in [7, 11) is 0. The first-order chi connectivity index (χ1) is 12.2. The van der Waals surface area contributed by atoms with Gasteiger partial charge in [0.25, 0.3) is 5.91 Å². The van der Waals surface area contributed by atoms with Crippen molar-refractivity contribution in [3.8, 4) is 0 Å². The van der Waals surface area contributed by atoms with E-state index >= 15 is 0 Å². The van der Waals surface area contributed by atoms with Crippen LogP contribution in [-0.2, 0) is 10.2 Å². The quantitative estimate of drug-likeness (QED) is 0.531. The predicted molar refractivity (Wildman–Crippen MR) is 115 cm³/mol. The van der Waals surface area contributed by atoms with Gasteiger partial charge in [-0.25, -0.2) is 4.98 Å². The molecule has 2 aliphatic rings. The van der Waals surface area contributed by atoms with Gasteiger partial charge in [0.2, 0.25) is 0 Å². The molecule has 0 bridgehead atoms. The van der Waals surface area contributed by atoms with Crippen molar-refractivity contribution in [1.82, 2.24) is 10.3 Å². The minimum atomic E-state index is -0.592. The summed E-state index contributed by atoms with van der Waals surface area (Å²) < 4.78 is 2.00. The monoisotopic (exact) mass is 523 g/mol. The molecule has 2 aliphatic heterocycles. The van der Waals surface area contributed by atoms with Gasteiger partial charge < -0.3 is 10.6 Å². The summed E-state index contributed by atoms with van der Waals surface area (Å²) >= 11 is 6.03. The second-order valence-corrected chi connectivity index (χ2v) is 9.58. The Hall–Kier alpha value is -1.41. The van der Waals surface area contributed by atoms with Gasteiger partial charge in [-0.2, -0.15) is 0 Å². The number of anilines is 1. The minimum absolute atomic E-state index is 0.0217. The lowest BCUT2D eigenvalue weighted by Crippen LogP contribution is -2.54. The molecule has 6 heteroatoms. The highest BCUT2D eigenvalue weighted by atomic mass is 127. The molecule has 1 aromatic carbocycles. The molecule has 1 unspecified atom stereocenters. The van der Waals surface area contributed by atoms with Crippen LogP contribution in [-0.4, -0.2) is 16.4 Å². The fourth-order valence-corrected chi connectivity index (χ4v) is 5.16. The van der Waals surface area contributed by atoms with Crippen molar-refractivity contribution in [1.29, 1.82) is 0 Å². The van der Waals surface area contributed by atoms with E-state index < -0.39 is 5.41 Å². The molecule has 134 valence electrons. The number of rotatable bonds is 1. The second kappa shape index (κ2) is 6.05. The number of amides is 1. The maximum Gasteiger partial charge on any atom is 0.250 e. The minimum Gasteiger partial charge on any atom is -0.347 e. The number of fused-ring (bicyclic) bond motifs is 1. The van der Waals surface area contributed by atoms with Crippen molar-refractivity contribution in [2.75, 3.05) is 5.32 Å². The summed E-state index contributed by atoms with van der Waals surface area (Å²) in [4.78, 5) is 17.8. The smallest absolute Gasteiger partial charge is 0.250 e. The molecular formula is C20H19BrIN3O. The van der Waals surface area contributed by atoms with Gasteiger partial charge in [-0.05, 0) is 64.9 Å². The number of aromatic nitrogens is 1. The summed E-state index contributed by atoms with van der Waals surface area (Å²) in [6, 6.07) is 10.2. The fourth-order valence-electron chi connectivity index (χ4n) is 4.06. The molecule has 0 saturated heterocycles. The van der Waals surface area contributed by atoms with E-state index in [0.717, 1.165) is 42.7 Å². The van der Waals surface area contributed by atoms with Gasteiger partial charge in [0.05, 0.1) is 11.0 Å². The zero-order valence-electron chi connectivity index (χ0n) is 14.8. The number of carbonyl (C=O) groups is 1. The lowest BCUT2D eigenvalue weighted by molar-refractivity contribution is -0.120. The normalized spacial score (nSPS) is 23.7. The first kappa shape index (κ1) is 18.0. The third-order valence-corrected chi connectivity index (χ3v) is 7.58. The molecule has 0 aliphatic carbocycles. The number of nitrogens with one attached hydrogen (secondary N) is 2. The van der Waals surface area contributed by atoms with Crippen LogP contribution in [0.5, 0.6) is 0 Å². The van der Waals surface area contributed by atoms with E-state index in [0.29, 0.717) is 0 Å². The van der Waals surface area contributed by atoms with Crippen LogP contribution in [0.2, 0.25) is 0 Å². The molecule has 4 nitrogen and oxygen atoms in total. The number of carbonyl (C=O) groups excluding carboxylic acids is 1. The van der Waals surface area contributed by atoms with Crippen LogP contribution in [0.25, 0.3) is 0 Å². The van der Waals surface area contributed by atoms with Gasteiger partial charge >= 0.3 is 0 Å². The summed E-state index contributed by atoms with van der Waals surface area (Å²) in [5.74, 6) is 0.791. The summed E-state index contributed by atoms with van der Waals surface area (Å²) in [6.07, 6.45) is 2.59. The molecular weight excluding hydrogens is 505 g/mol. The molecule has 3 heterocycles. The molecule has 0 fully saturated rings. The number of pyridine rings is 1. The maximum atomic E-state index is 13.2. The number of hydrogen-bond acceptors (Lipinski definition) is 3. The number of nitrogens with zero attached hydrogens (tertiary/aromatic N) is 1. The SMILES string of the molecule is CC1(C)CC2=C(C(=O)N1)C(C)(c1ccccc1)c1c(ncc(I)c1Br)N2. The van der Waals surface area contributed by atoms with E-state index in [1.165, 1.54) is 0 Å². The zero-order valence-corrected chi connectivity index (χ0v) is 18.5. The molecule has 0 saturated carbocycles. The molecule has 2 N–H and O–H groups in total. The Balaban J connectivity index is 2.07. The number of benzene rings is 1. The highest BCUT2D eigenvalue weighted by Gasteiger charge is 2.49. The second-order valence-electron chi connectivity index (χ2n) is 7.63. The first-order valence-electron chi connectivity index (χ1n) is 8.47. The standard InChI is InChI=1S/C20H19BrIN3O/c1-19(2)9-13-14(18(26)25-19)20(3,11-7-5-4-6-8-11)15-16(21)12(22)10-23-17(15)24-13/h4-8,10H,9H2,1-3H3,(H,23,24)(H,25,26). The molecule has 0 radical (unpaired) electrons. The lowest BCUT2D eigenvalue weighted by atomic mass is 9.66. The first-order valence-corrected chi connectivity index (χ1v) is 10.3. The Bertz CT molecular complexity index is 955. The molecule has 4 rings (SSSR count). The van der Waals surface area contributed by atoms with E-state index in [4.69, 9.17) is 0 Å². The van der Waals surface area contributed by atoms with E-state index in [2.05, 4.69) is 73.2 Å². The van der Waals surface area contributed by atoms with Crippen LogP contribution in [0.1, 0.15) is 38.3 Å². The van der Waals surface area contributed by atoms with Gasteiger partial charge in [-0.15, -0.1) is 0 Å². The zero-order chi connectivity index (χ0) is 18.7. The summed E-state index contributed by atoms with van der Waals surface area (Å²) in [5.41, 5.74) is 2.93. The number of hydrogen-bond donors (Lipinski definition) is 2. The van der Waals surface area contributed by atoms with E-state index in [9.17, 15) is 4.79 Å².